The second-order valence-corrected chi connectivity index (χ2v) is 6.70. The quantitative estimate of drug-likeness (QED) is 0.510. The Hall–Kier alpha value is -4.01. The number of halogens is 3. The van der Waals surface area contributed by atoms with E-state index in [0.717, 1.165) is 12.1 Å². The summed E-state index contributed by atoms with van der Waals surface area (Å²) < 4.78 is 49.4. The largest absolute Gasteiger partial charge is 0.497 e. The summed E-state index contributed by atoms with van der Waals surface area (Å²) >= 11 is 0. The third-order valence-electron chi connectivity index (χ3n) is 4.28. The molecule has 0 unspecified atom stereocenters. The van der Waals surface area contributed by atoms with Crippen LogP contribution >= 0.6 is 0 Å². The van der Waals surface area contributed by atoms with Gasteiger partial charge in [-0.3, -0.25) is 9.59 Å². The minimum Gasteiger partial charge on any atom is -0.497 e. The number of rotatable bonds is 6. The lowest BCUT2D eigenvalue weighted by Crippen LogP contribution is -2.15. The highest BCUT2D eigenvalue weighted by atomic mass is 19.4. The van der Waals surface area contributed by atoms with Crippen LogP contribution in [0.4, 0.5) is 24.5 Å². The summed E-state index contributed by atoms with van der Waals surface area (Å²) in [5.74, 6) is -0.194. The van der Waals surface area contributed by atoms with E-state index in [4.69, 9.17) is 9.47 Å². The van der Waals surface area contributed by atoms with Crippen molar-refractivity contribution in [3.63, 3.8) is 0 Å². The number of alkyl halides is 3. The molecule has 0 radical (unpaired) electrons. The van der Waals surface area contributed by atoms with Crippen LogP contribution in [0.2, 0.25) is 0 Å². The highest BCUT2D eigenvalue weighted by molar-refractivity contribution is 6.07. The Bertz CT molecular complexity index is 1150. The second-order valence-electron chi connectivity index (χ2n) is 6.70. The van der Waals surface area contributed by atoms with Gasteiger partial charge >= 0.3 is 6.18 Å². The van der Waals surface area contributed by atoms with Gasteiger partial charge in [0, 0.05) is 18.6 Å². The van der Waals surface area contributed by atoms with E-state index >= 15 is 0 Å². The van der Waals surface area contributed by atoms with E-state index < -0.39 is 17.6 Å². The zero-order valence-electron chi connectivity index (χ0n) is 17.1. The molecular weight excluding hydrogens is 425 g/mol. The monoisotopic (exact) mass is 444 g/mol. The van der Waals surface area contributed by atoms with E-state index in [-0.39, 0.29) is 23.0 Å². The molecule has 0 saturated carbocycles. The number of nitrogens with one attached hydrogen (secondary N) is 2. The molecule has 166 valence electrons. The Labute approximate surface area is 182 Å². The van der Waals surface area contributed by atoms with Gasteiger partial charge in [0.15, 0.2) is 0 Å². The third-order valence-corrected chi connectivity index (χ3v) is 4.28. The Balaban J connectivity index is 1.81. The fourth-order valence-corrected chi connectivity index (χ4v) is 2.82. The van der Waals surface area contributed by atoms with Crippen LogP contribution in [0, 0.1) is 0 Å². The van der Waals surface area contributed by atoms with Gasteiger partial charge in [-0.05, 0) is 48.5 Å². The molecule has 32 heavy (non-hydrogen) atoms. The summed E-state index contributed by atoms with van der Waals surface area (Å²) in [4.78, 5) is 24.2. The summed E-state index contributed by atoms with van der Waals surface area (Å²) in [6.45, 7) is 1.34. The van der Waals surface area contributed by atoms with Crippen molar-refractivity contribution in [2.24, 2.45) is 0 Å². The van der Waals surface area contributed by atoms with E-state index in [0.29, 0.717) is 17.1 Å². The van der Waals surface area contributed by atoms with Gasteiger partial charge in [0.1, 0.15) is 17.2 Å². The number of hydrogen-bond acceptors (Lipinski definition) is 4. The molecular formula is C23H19F3N2O4. The molecule has 0 atom stereocenters. The predicted octanol–water partition coefficient (Wildman–Crippen LogP) is 5.72. The molecule has 3 aromatic carbocycles. The van der Waals surface area contributed by atoms with Crippen LogP contribution < -0.4 is 20.1 Å². The summed E-state index contributed by atoms with van der Waals surface area (Å²) in [6, 6.07) is 15.2. The Morgan fingerprint density at radius 3 is 2.16 bits per heavy atom. The van der Waals surface area contributed by atoms with Gasteiger partial charge < -0.3 is 20.1 Å². The van der Waals surface area contributed by atoms with E-state index in [1.54, 1.807) is 18.2 Å². The highest BCUT2D eigenvalue weighted by Crippen LogP contribution is 2.33. The normalized spacial score (nSPS) is 10.9. The van der Waals surface area contributed by atoms with Gasteiger partial charge in [0.25, 0.3) is 5.91 Å². The first-order chi connectivity index (χ1) is 15.2. The lowest BCUT2D eigenvalue weighted by Gasteiger charge is -2.14. The molecule has 0 aliphatic carbocycles. The summed E-state index contributed by atoms with van der Waals surface area (Å²) in [5, 5.41) is 5.31. The maximum atomic E-state index is 12.9. The molecule has 9 heteroatoms. The van der Waals surface area contributed by atoms with Crippen molar-refractivity contribution in [2.75, 3.05) is 17.7 Å². The molecule has 0 aliphatic heterocycles. The fourth-order valence-electron chi connectivity index (χ4n) is 2.82. The van der Waals surface area contributed by atoms with Gasteiger partial charge in [0.2, 0.25) is 5.91 Å². The zero-order chi connectivity index (χ0) is 23.3. The van der Waals surface area contributed by atoms with E-state index in [1.807, 2.05) is 0 Å². The van der Waals surface area contributed by atoms with Crippen LogP contribution in [0.15, 0.2) is 66.7 Å². The average molecular weight is 444 g/mol. The number of hydrogen-bond donors (Lipinski definition) is 2. The topological polar surface area (TPSA) is 76.7 Å². The molecule has 3 rings (SSSR count). The Morgan fingerprint density at radius 1 is 0.812 bits per heavy atom. The molecule has 2 amide bonds. The number of benzene rings is 3. The fraction of sp³-hybridized carbons (Fsp3) is 0.130. The van der Waals surface area contributed by atoms with Crippen LogP contribution in [0.3, 0.4) is 0 Å². The van der Waals surface area contributed by atoms with Crippen LogP contribution in [0.5, 0.6) is 17.2 Å². The lowest BCUT2D eigenvalue weighted by molar-refractivity contribution is -0.137. The molecule has 0 fully saturated rings. The van der Waals surface area contributed by atoms with E-state index in [9.17, 15) is 22.8 Å². The van der Waals surface area contributed by atoms with Crippen molar-refractivity contribution in [3.05, 3.63) is 77.9 Å². The molecule has 3 aromatic rings. The minimum atomic E-state index is -4.50. The number of carbonyl (C=O) groups is 2. The van der Waals surface area contributed by atoms with Crippen LogP contribution in [0.25, 0.3) is 0 Å². The zero-order valence-corrected chi connectivity index (χ0v) is 17.1. The number of ether oxygens (including phenoxy) is 2. The highest BCUT2D eigenvalue weighted by Gasteiger charge is 2.30. The van der Waals surface area contributed by atoms with Crippen molar-refractivity contribution >= 4 is 23.2 Å². The first kappa shape index (κ1) is 22.7. The molecule has 2 N–H and O–H groups in total. The van der Waals surface area contributed by atoms with Gasteiger partial charge in [-0.1, -0.05) is 12.1 Å². The van der Waals surface area contributed by atoms with Gasteiger partial charge in [-0.15, -0.1) is 0 Å². The molecule has 0 spiro atoms. The Morgan fingerprint density at radius 2 is 1.50 bits per heavy atom. The van der Waals surface area contributed by atoms with Crippen LogP contribution in [0.1, 0.15) is 22.8 Å². The first-order valence-electron chi connectivity index (χ1n) is 9.38. The molecule has 0 saturated heterocycles. The van der Waals surface area contributed by atoms with Crippen molar-refractivity contribution in [3.8, 4) is 17.2 Å². The number of methoxy groups -OCH3 is 1. The second kappa shape index (κ2) is 9.42. The SMILES string of the molecule is COc1ccc(NC(C)=O)c(NC(=O)c2cccc(Oc3cccc(C(F)(F)F)c3)c2)c1. The lowest BCUT2D eigenvalue weighted by atomic mass is 10.1. The van der Waals surface area contributed by atoms with Crippen LogP contribution in [-0.2, 0) is 11.0 Å². The number of amides is 2. The standard InChI is InChI=1S/C23H19F3N2O4/c1-14(29)27-20-10-9-17(31-2)13-21(20)28-22(30)15-5-3-7-18(11-15)32-19-8-4-6-16(12-19)23(24,25)26/h3-13H,1-2H3,(H,27,29)(H,28,30). The predicted molar refractivity (Wildman–Crippen MR) is 113 cm³/mol. The minimum absolute atomic E-state index is 0.0156. The van der Waals surface area contributed by atoms with Gasteiger partial charge in [-0.2, -0.15) is 13.2 Å². The van der Waals surface area contributed by atoms with Gasteiger partial charge in [-0.25, -0.2) is 0 Å². The maximum Gasteiger partial charge on any atom is 0.416 e. The number of carbonyl (C=O) groups excluding carboxylic acids is 2. The summed E-state index contributed by atoms with van der Waals surface area (Å²) in [6.07, 6.45) is -4.50. The van der Waals surface area contributed by atoms with Crippen molar-refractivity contribution in [1.82, 2.24) is 0 Å². The van der Waals surface area contributed by atoms with Gasteiger partial charge in [0.05, 0.1) is 24.0 Å². The maximum absolute atomic E-state index is 12.9. The average Bonchev–Trinajstić information content (AvgIpc) is 2.74. The molecule has 0 aliphatic rings. The van der Waals surface area contributed by atoms with Crippen molar-refractivity contribution in [2.45, 2.75) is 13.1 Å². The van der Waals surface area contributed by atoms with Crippen molar-refractivity contribution < 1.29 is 32.2 Å². The molecule has 6 nitrogen and oxygen atoms in total. The smallest absolute Gasteiger partial charge is 0.416 e. The summed E-state index contributed by atoms with van der Waals surface area (Å²) in [7, 11) is 1.47. The summed E-state index contributed by atoms with van der Waals surface area (Å²) in [5.41, 5.74) is 0.0512. The Kier molecular flexibility index (Phi) is 6.67. The van der Waals surface area contributed by atoms with Crippen molar-refractivity contribution in [1.29, 1.82) is 0 Å². The first-order valence-corrected chi connectivity index (χ1v) is 9.38. The van der Waals surface area contributed by atoms with Crippen LogP contribution in [-0.4, -0.2) is 18.9 Å². The van der Waals surface area contributed by atoms with E-state index in [2.05, 4.69) is 10.6 Å². The van der Waals surface area contributed by atoms with E-state index in [1.165, 1.54) is 50.4 Å². The molecule has 0 aromatic heterocycles. The third kappa shape index (κ3) is 5.78. The molecule has 0 heterocycles. The molecule has 0 bridgehead atoms. The number of anilines is 2.